The predicted octanol–water partition coefficient (Wildman–Crippen LogP) is 4.91. The van der Waals surface area contributed by atoms with Gasteiger partial charge in [0.05, 0.1) is 27.1 Å². The fourth-order valence-corrected chi connectivity index (χ4v) is 2.53. The third-order valence-corrected chi connectivity index (χ3v) is 3.53. The zero-order valence-electron chi connectivity index (χ0n) is 13.4. The first kappa shape index (κ1) is 18.7. The fourth-order valence-electron chi connectivity index (χ4n) is 1.96. The van der Waals surface area contributed by atoms with Crippen LogP contribution in [0.25, 0.3) is 0 Å². The summed E-state index contributed by atoms with van der Waals surface area (Å²) < 4.78 is 0. The maximum atomic E-state index is 11.3. The van der Waals surface area contributed by atoms with Gasteiger partial charge in [0.15, 0.2) is 0 Å². The Morgan fingerprint density at radius 1 is 0.960 bits per heavy atom. The van der Waals surface area contributed by atoms with E-state index in [4.69, 9.17) is 28.9 Å². The van der Waals surface area contributed by atoms with Crippen LogP contribution >= 0.6 is 23.2 Å². The van der Waals surface area contributed by atoms with Gasteiger partial charge in [-0.2, -0.15) is 5.11 Å². The number of azo groups is 1. The van der Waals surface area contributed by atoms with Crippen molar-refractivity contribution >= 4 is 63.5 Å². The average molecular weight is 380 g/mol. The first-order chi connectivity index (χ1) is 11.8. The van der Waals surface area contributed by atoms with Crippen LogP contribution in [0.5, 0.6) is 0 Å². The van der Waals surface area contributed by atoms with Crippen molar-refractivity contribution in [2.24, 2.45) is 10.2 Å². The minimum atomic E-state index is -0.292. The van der Waals surface area contributed by atoms with E-state index in [9.17, 15) is 9.59 Å². The number of nitrogens with zero attached hydrogens (tertiary/aromatic N) is 2. The second-order valence-corrected chi connectivity index (χ2v) is 5.94. The third kappa shape index (κ3) is 5.17. The number of amides is 2. The lowest BCUT2D eigenvalue weighted by Crippen LogP contribution is -2.06. The maximum absolute atomic E-state index is 11.3. The number of nitrogens with one attached hydrogen (secondary N) is 2. The summed E-state index contributed by atoms with van der Waals surface area (Å²) in [5.74, 6) is -0.548. The fraction of sp³-hybridized carbons (Fsp3) is 0.125. The van der Waals surface area contributed by atoms with Crippen LogP contribution in [0.3, 0.4) is 0 Å². The highest BCUT2D eigenvalue weighted by atomic mass is 35.5. The third-order valence-electron chi connectivity index (χ3n) is 2.93. The van der Waals surface area contributed by atoms with Gasteiger partial charge in [0.25, 0.3) is 0 Å². The first-order valence-electron chi connectivity index (χ1n) is 7.11. The predicted molar refractivity (Wildman–Crippen MR) is 100 cm³/mol. The van der Waals surface area contributed by atoms with E-state index in [-0.39, 0.29) is 21.9 Å². The molecule has 0 fully saturated rings. The van der Waals surface area contributed by atoms with Crippen molar-refractivity contribution in [3.63, 3.8) is 0 Å². The van der Waals surface area contributed by atoms with E-state index in [0.29, 0.717) is 28.4 Å². The number of hydrogen-bond acceptors (Lipinski definition) is 5. The molecule has 0 heterocycles. The Balaban J connectivity index is 2.34. The Labute approximate surface area is 154 Å². The molecule has 0 aliphatic carbocycles. The Bertz CT molecular complexity index is 845. The van der Waals surface area contributed by atoms with Crippen molar-refractivity contribution in [3.05, 3.63) is 40.4 Å². The van der Waals surface area contributed by atoms with Gasteiger partial charge in [0.1, 0.15) is 5.69 Å². The van der Waals surface area contributed by atoms with Gasteiger partial charge < -0.3 is 16.4 Å². The van der Waals surface area contributed by atoms with E-state index in [1.165, 1.54) is 26.0 Å². The van der Waals surface area contributed by atoms with Crippen molar-refractivity contribution in [2.75, 3.05) is 16.4 Å². The first-order valence-corrected chi connectivity index (χ1v) is 7.87. The minimum absolute atomic E-state index is 0.232. The van der Waals surface area contributed by atoms with Gasteiger partial charge in [-0.25, -0.2) is 0 Å². The molecule has 9 heteroatoms. The SMILES string of the molecule is CC(=O)Nc1cc(N)ccc1N=Nc1cc(Cl)c(NC(C)=O)c(Cl)c1. The molecule has 0 bridgehead atoms. The van der Waals surface area contributed by atoms with Crippen LogP contribution in [0.15, 0.2) is 40.6 Å². The zero-order chi connectivity index (χ0) is 18.6. The molecule has 2 amide bonds. The molecule has 25 heavy (non-hydrogen) atoms. The van der Waals surface area contributed by atoms with Crippen LogP contribution in [0.2, 0.25) is 10.0 Å². The molecule has 0 atom stereocenters. The molecular weight excluding hydrogens is 365 g/mol. The molecule has 0 aliphatic rings. The van der Waals surface area contributed by atoms with Gasteiger partial charge in [-0.3, -0.25) is 9.59 Å². The van der Waals surface area contributed by atoms with Gasteiger partial charge in [-0.1, -0.05) is 23.2 Å². The monoisotopic (exact) mass is 379 g/mol. The summed E-state index contributed by atoms with van der Waals surface area (Å²) in [6, 6.07) is 7.86. The second-order valence-electron chi connectivity index (χ2n) is 5.12. The lowest BCUT2D eigenvalue weighted by Gasteiger charge is -2.08. The summed E-state index contributed by atoms with van der Waals surface area (Å²) in [4.78, 5) is 22.4. The van der Waals surface area contributed by atoms with Crippen molar-refractivity contribution in [2.45, 2.75) is 13.8 Å². The topological polar surface area (TPSA) is 109 Å². The molecule has 0 saturated carbocycles. The van der Waals surface area contributed by atoms with Crippen LogP contribution in [0.4, 0.5) is 28.4 Å². The molecule has 0 radical (unpaired) electrons. The van der Waals surface area contributed by atoms with Gasteiger partial charge >= 0.3 is 0 Å². The highest BCUT2D eigenvalue weighted by Gasteiger charge is 2.10. The normalized spacial score (nSPS) is 10.7. The van der Waals surface area contributed by atoms with Crippen molar-refractivity contribution in [1.82, 2.24) is 0 Å². The molecule has 7 nitrogen and oxygen atoms in total. The molecule has 0 saturated heterocycles. The minimum Gasteiger partial charge on any atom is -0.399 e. The van der Waals surface area contributed by atoms with Crippen LogP contribution < -0.4 is 16.4 Å². The number of benzene rings is 2. The van der Waals surface area contributed by atoms with E-state index >= 15 is 0 Å². The van der Waals surface area contributed by atoms with Crippen LogP contribution in [-0.4, -0.2) is 11.8 Å². The van der Waals surface area contributed by atoms with E-state index in [2.05, 4.69) is 20.9 Å². The molecule has 2 rings (SSSR count). The largest absolute Gasteiger partial charge is 0.399 e. The zero-order valence-corrected chi connectivity index (χ0v) is 14.9. The molecule has 130 valence electrons. The number of nitrogen functional groups attached to an aromatic ring is 1. The van der Waals surface area contributed by atoms with Crippen LogP contribution in [0, 0.1) is 0 Å². The van der Waals surface area contributed by atoms with Crippen molar-refractivity contribution in [1.29, 1.82) is 0 Å². The number of carbonyl (C=O) groups excluding carboxylic acids is 2. The standard InChI is InChI=1S/C16H15Cl2N5O2/c1-8(24)20-15-5-10(19)3-4-14(15)23-22-11-6-12(17)16(13(18)7-11)21-9(2)25/h3-7H,19H2,1-2H3,(H,20,24)(H,21,25). The van der Waals surface area contributed by atoms with E-state index in [1.54, 1.807) is 18.2 Å². The van der Waals surface area contributed by atoms with E-state index in [1.807, 2.05) is 0 Å². The highest BCUT2D eigenvalue weighted by Crippen LogP contribution is 2.36. The Hall–Kier alpha value is -2.64. The Morgan fingerprint density at radius 2 is 1.56 bits per heavy atom. The summed E-state index contributed by atoms with van der Waals surface area (Å²) in [5, 5.41) is 13.8. The quantitative estimate of drug-likeness (QED) is 0.518. The number of rotatable bonds is 4. The van der Waals surface area contributed by atoms with E-state index in [0.717, 1.165) is 0 Å². The highest BCUT2D eigenvalue weighted by molar-refractivity contribution is 6.40. The molecule has 0 aliphatic heterocycles. The summed E-state index contributed by atoms with van der Waals surface area (Å²) in [7, 11) is 0. The van der Waals surface area contributed by atoms with Gasteiger partial charge in [-0.05, 0) is 30.3 Å². The lowest BCUT2D eigenvalue weighted by molar-refractivity contribution is -0.115. The number of hydrogen-bond donors (Lipinski definition) is 3. The summed E-state index contributed by atoms with van der Waals surface area (Å²) >= 11 is 12.2. The lowest BCUT2D eigenvalue weighted by atomic mass is 10.2. The summed E-state index contributed by atoms with van der Waals surface area (Å²) in [6.45, 7) is 2.73. The van der Waals surface area contributed by atoms with Crippen LogP contribution in [0.1, 0.15) is 13.8 Å². The summed E-state index contributed by atoms with van der Waals surface area (Å²) in [6.07, 6.45) is 0. The second kappa shape index (κ2) is 7.96. The molecule has 0 unspecified atom stereocenters. The van der Waals surface area contributed by atoms with Gasteiger partial charge in [-0.15, -0.1) is 5.11 Å². The molecule has 0 spiro atoms. The molecule has 0 aromatic heterocycles. The average Bonchev–Trinajstić information content (AvgIpc) is 2.49. The molecular formula is C16H15Cl2N5O2. The Morgan fingerprint density at radius 3 is 2.12 bits per heavy atom. The van der Waals surface area contributed by atoms with Gasteiger partial charge in [0.2, 0.25) is 11.8 Å². The Kier molecular flexibility index (Phi) is 5.95. The summed E-state index contributed by atoms with van der Waals surface area (Å²) in [5.41, 5.74) is 7.74. The smallest absolute Gasteiger partial charge is 0.221 e. The van der Waals surface area contributed by atoms with E-state index < -0.39 is 0 Å². The number of carbonyl (C=O) groups is 2. The molecule has 4 N–H and O–H groups in total. The van der Waals surface area contributed by atoms with Crippen molar-refractivity contribution in [3.8, 4) is 0 Å². The number of halogens is 2. The maximum Gasteiger partial charge on any atom is 0.221 e. The number of nitrogens with two attached hydrogens (primary N) is 1. The van der Waals surface area contributed by atoms with Crippen LogP contribution in [-0.2, 0) is 9.59 Å². The molecule has 2 aromatic rings. The van der Waals surface area contributed by atoms with Crippen molar-refractivity contribution < 1.29 is 9.59 Å². The number of anilines is 3. The molecule has 2 aromatic carbocycles. The van der Waals surface area contributed by atoms with Gasteiger partial charge in [0, 0.05) is 19.5 Å².